The average Bonchev–Trinajstić information content (AvgIpc) is 2.04. The van der Waals surface area contributed by atoms with Crippen molar-refractivity contribution in [3.8, 4) is 0 Å². The second-order valence-corrected chi connectivity index (χ2v) is 2.68. The lowest BCUT2D eigenvalue weighted by Crippen LogP contribution is -1.78. The molecule has 0 aromatic carbocycles. The first kappa shape index (κ1) is 10.6. The van der Waals surface area contributed by atoms with E-state index < -0.39 is 0 Å². The van der Waals surface area contributed by atoms with Gasteiger partial charge in [-0.1, -0.05) is 30.9 Å². The molecule has 0 aliphatic heterocycles. The van der Waals surface area contributed by atoms with Crippen LogP contribution in [0.4, 0.5) is 0 Å². The fraction of sp³-hybridized carbons (Fsp3) is 0.182. The lowest BCUT2D eigenvalue weighted by molar-refractivity contribution is 1.34. The molecule has 0 atom stereocenters. The van der Waals surface area contributed by atoms with E-state index in [2.05, 4.69) is 24.9 Å². The highest BCUT2D eigenvalue weighted by molar-refractivity contribution is 5.43. The first-order valence-corrected chi connectivity index (χ1v) is 3.75. The molecule has 0 unspecified atom stereocenters. The van der Waals surface area contributed by atoms with Gasteiger partial charge in [-0.25, -0.2) is 0 Å². The maximum atomic E-state index is 3.83. The fourth-order valence-electron chi connectivity index (χ4n) is 0.611. The third-order valence-electron chi connectivity index (χ3n) is 1.32. The molecule has 64 valence electrons. The van der Waals surface area contributed by atoms with Gasteiger partial charge in [0.05, 0.1) is 5.70 Å². The van der Waals surface area contributed by atoms with Crippen molar-refractivity contribution in [2.24, 2.45) is 4.99 Å². The molecule has 0 aliphatic carbocycles. The fourth-order valence-corrected chi connectivity index (χ4v) is 0.611. The van der Waals surface area contributed by atoms with E-state index in [1.165, 1.54) is 5.57 Å². The standard InChI is InChI=1S/C11H15N/c1-6-10(4)11(12-5)8-7-9(2)3/h6-8H,1,4-5H2,2-3H3/b11-8+. The molecule has 0 aromatic heterocycles. The molecule has 0 bridgehead atoms. The third kappa shape index (κ3) is 3.71. The number of hydrogen-bond acceptors (Lipinski definition) is 1. The van der Waals surface area contributed by atoms with E-state index in [1.54, 1.807) is 6.08 Å². The summed E-state index contributed by atoms with van der Waals surface area (Å²) in [5.41, 5.74) is 2.78. The number of rotatable bonds is 4. The van der Waals surface area contributed by atoms with Crippen LogP contribution in [-0.4, -0.2) is 6.72 Å². The summed E-state index contributed by atoms with van der Waals surface area (Å²) in [4.78, 5) is 3.83. The smallest absolute Gasteiger partial charge is 0.0688 e. The van der Waals surface area contributed by atoms with E-state index in [9.17, 15) is 0 Å². The van der Waals surface area contributed by atoms with Gasteiger partial charge in [-0.05, 0) is 32.2 Å². The number of hydrogen-bond donors (Lipinski definition) is 0. The summed E-state index contributed by atoms with van der Waals surface area (Å²) in [6.45, 7) is 14.9. The van der Waals surface area contributed by atoms with Crippen molar-refractivity contribution in [2.75, 3.05) is 0 Å². The minimum atomic E-state index is 0.770. The largest absolute Gasteiger partial charge is 0.264 e. The molecule has 0 saturated heterocycles. The van der Waals surface area contributed by atoms with E-state index >= 15 is 0 Å². The van der Waals surface area contributed by atoms with Crippen LogP contribution in [0.15, 0.2) is 53.2 Å². The zero-order valence-electron chi connectivity index (χ0n) is 7.80. The van der Waals surface area contributed by atoms with Gasteiger partial charge < -0.3 is 0 Å². The minimum absolute atomic E-state index is 0.770. The molecule has 1 nitrogen and oxygen atoms in total. The highest BCUT2D eigenvalue weighted by atomic mass is 14.7. The molecular formula is C11H15N. The van der Waals surface area contributed by atoms with Crippen molar-refractivity contribution in [1.82, 2.24) is 0 Å². The Kier molecular flexibility index (Phi) is 4.70. The molecule has 0 N–H and O–H groups in total. The molecule has 0 rings (SSSR count). The van der Waals surface area contributed by atoms with Gasteiger partial charge in [0.15, 0.2) is 0 Å². The van der Waals surface area contributed by atoms with E-state index in [4.69, 9.17) is 0 Å². The SMILES string of the molecule is C=CC(=C)/C(=C\C=C(C)C)N=C. The van der Waals surface area contributed by atoms with Crippen molar-refractivity contribution in [2.45, 2.75) is 13.8 Å². The maximum Gasteiger partial charge on any atom is 0.0688 e. The minimum Gasteiger partial charge on any atom is -0.264 e. The molecule has 0 amide bonds. The molecule has 1 heteroatoms. The number of nitrogens with zero attached hydrogens (tertiary/aromatic N) is 1. The first-order chi connectivity index (χ1) is 5.61. The molecule has 0 spiro atoms. The van der Waals surface area contributed by atoms with Crippen LogP contribution in [0.25, 0.3) is 0 Å². The highest BCUT2D eigenvalue weighted by Crippen LogP contribution is 2.09. The summed E-state index contributed by atoms with van der Waals surface area (Å²) >= 11 is 0. The molecular weight excluding hydrogens is 146 g/mol. The lowest BCUT2D eigenvalue weighted by Gasteiger charge is -1.97. The summed E-state index contributed by atoms with van der Waals surface area (Å²) in [5, 5.41) is 0. The summed E-state index contributed by atoms with van der Waals surface area (Å²) in [5.74, 6) is 0. The van der Waals surface area contributed by atoms with Crippen LogP contribution in [-0.2, 0) is 0 Å². The molecule has 0 heterocycles. The van der Waals surface area contributed by atoms with E-state index in [0.717, 1.165) is 11.3 Å². The Hall–Kier alpha value is -1.37. The summed E-state index contributed by atoms with van der Waals surface area (Å²) < 4.78 is 0. The maximum absolute atomic E-state index is 3.83. The zero-order chi connectivity index (χ0) is 9.56. The van der Waals surface area contributed by atoms with Gasteiger partial charge in [0.25, 0.3) is 0 Å². The Bertz CT molecular complexity index is 250. The molecule has 0 fully saturated rings. The summed E-state index contributed by atoms with van der Waals surface area (Å²) in [6, 6.07) is 0. The molecule has 0 aliphatic rings. The lowest BCUT2D eigenvalue weighted by atomic mass is 10.2. The van der Waals surface area contributed by atoms with E-state index in [1.807, 2.05) is 26.0 Å². The van der Waals surface area contributed by atoms with E-state index in [-0.39, 0.29) is 0 Å². The highest BCUT2D eigenvalue weighted by Gasteiger charge is 1.92. The predicted octanol–water partition coefficient (Wildman–Crippen LogP) is 3.28. The van der Waals surface area contributed by atoms with Crippen molar-refractivity contribution >= 4 is 6.72 Å². The average molecular weight is 161 g/mol. The molecule has 0 radical (unpaired) electrons. The van der Waals surface area contributed by atoms with Crippen LogP contribution in [0.3, 0.4) is 0 Å². The summed E-state index contributed by atoms with van der Waals surface area (Å²) in [6.07, 6.45) is 5.52. The second kappa shape index (κ2) is 5.30. The Morgan fingerprint density at radius 1 is 1.25 bits per heavy atom. The van der Waals surface area contributed by atoms with Gasteiger partial charge in [0, 0.05) is 0 Å². The van der Waals surface area contributed by atoms with Crippen LogP contribution in [0.5, 0.6) is 0 Å². The van der Waals surface area contributed by atoms with Crippen LogP contribution in [0, 0.1) is 0 Å². The van der Waals surface area contributed by atoms with Crippen molar-refractivity contribution in [1.29, 1.82) is 0 Å². The topological polar surface area (TPSA) is 12.4 Å². The monoisotopic (exact) mass is 161 g/mol. The normalized spacial score (nSPS) is 10.3. The van der Waals surface area contributed by atoms with Gasteiger partial charge in [0.1, 0.15) is 0 Å². The predicted molar refractivity (Wildman–Crippen MR) is 56.4 cm³/mol. The Morgan fingerprint density at radius 3 is 2.17 bits per heavy atom. The van der Waals surface area contributed by atoms with Crippen LogP contribution < -0.4 is 0 Å². The number of allylic oxidation sites excluding steroid dienone is 4. The number of aliphatic imine (C=N–C) groups is 1. The van der Waals surface area contributed by atoms with Crippen molar-refractivity contribution in [3.63, 3.8) is 0 Å². The van der Waals surface area contributed by atoms with Gasteiger partial charge >= 0.3 is 0 Å². The first-order valence-electron chi connectivity index (χ1n) is 3.75. The molecule has 0 saturated carbocycles. The zero-order valence-corrected chi connectivity index (χ0v) is 7.80. The Morgan fingerprint density at radius 2 is 1.83 bits per heavy atom. The Labute approximate surface area is 74.5 Å². The Balaban J connectivity index is 4.66. The van der Waals surface area contributed by atoms with Gasteiger partial charge in [-0.2, -0.15) is 0 Å². The molecule has 0 aromatic rings. The van der Waals surface area contributed by atoms with Crippen LogP contribution >= 0.6 is 0 Å². The second-order valence-electron chi connectivity index (χ2n) is 2.68. The van der Waals surface area contributed by atoms with Gasteiger partial charge in [0.2, 0.25) is 0 Å². The summed E-state index contributed by atoms with van der Waals surface area (Å²) in [7, 11) is 0. The van der Waals surface area contributed by atoms with Crippen molar-refractivity contribution in [3.05, 3.63) is 48.2 Å². The third-order valence-corrected chi connectivity index (χ3v) is 1.32. The van der Waals surface area contributed by atoms with Gasteiger partial charge in [-0.15, -0.1) is 0 Å². The van der Waals surface area contributed by atoms with Crippen LogP contribution in [0.1, 0.15) is 13.8 Å². The van der Waals surface area contributed by atoms with Crippen LogP contribution in [0.2, 0.25) is 0 Å². The molecule has 12 heavy (non-hydrogen) atoms. The van der Waals surface area contributed by atoms with E-state index in [0.29, 0.717) is 0 Å². The quantitative estimate of drug-likeness (QED) is 0.443. The van der Waals surface area contributed by atoms with Gasteiger partial charge in [-0.3, -0.25) is 4.99 Å². The van der Waals surface area contributed by atoms with Crippen molar-refractivity contribution < 1.29 is 0 Å².